The van der Waals surface area contributed by atoms with Crippen molar-refractivity contribution in [2.24, 2.45) is 0 Å². The number of carbonyl (C=O) groups excluding carboxylic acids is 1. The van der Waals surface area contributed by atoms with Crippen molar-refractivity contribution in [3.63, 3.8) is 0 Å². The van der Waals surface area contributed by atoms with Crippen molar-refractivity contribution in [1.29, 1.82) is 0 Å². The number of nitrogens with zero attached hydrogens (tertiary/aromatic N) is 1. The lowest BCUT2D eigenvalue weighted by Gasteiger charge is -2.25. The van der Waals surface area contributed by atoms with Gasteiger partial charge in [0.2, 0.25) is 5.91 Å². The number of amides is 1. The Kier molecular flexibility index (Phi) is 6.08. The van der Waals surface area contributed by atoms with E-state index in [1.165, 1.54) is 0 Å². The maximum Gasteiger partial charge on any atom is 0.320 e. The van der Waals surface area contributed by atoms with Crippen LogP contribution in [0.1, 0.15) is 26.2 Å². The quantitative estimate of drug-likeness (QED) is 0.705. The van der Waals surface area contributed by atoms with Gasteiger partial charge in [0, 0.05) is 24.7 Å². The van der Waals surface area contributed by atoms with E-state index in [1.807, 2.05) is 35.2 Å². The van der Waals surface area contributed by atoms with Crippen molar-refractivity contribution in [2.45, 2.75) is 38.3 Å². The molecule has 6 nitrogen and oxygen atoms in total. The lowest BCUT2D eigenvalue weighted by molar-refractivity contribution is -0.143. The minimum atomic E-state index is -0.851. The topological polar surface area (TPSA) is 78.9 Å². The smallest absolute Gasteiger partial charge is 0.320 e. The molecule has 3 rings (SSSR count). The van der Waals surface area contributed by atoms with Crippen LogP contribution in [0, 0.1) is 0 Å². The summed E-state index contributed by atoms with van der Waals surface area (Å²) in [6.07, 6.45) is 2.26. The zero-order valence-corrected chi connectivity index (χ0v) is 15.3. The fourth-order valence-corrected chi connectivity index (χ4v) is 2.93. The second kappa shape index (κ2) is 8.68. The van der Waals surface area contributed by atoms with Gasteiger partial charge in [-0.1, -0.05) is 18.2 Å². The van der Waals surface area contributed by atoms with Crippen molar-refractivity contribution in [3.8, 4) is 11.5 Å². The highest BCUT2D eigenvalue weighted by Crippen LogP contribution is 2.29. The van der Waals surface area contributed by atoms with Crippen molar-refractivity contribution < 1.29 is 19.4 Å². The Morgan fingerprint density at radius 3 is 2.33 bits per heavy atom. The van der Waals surface area contributed by atoms with Crippen LogP contribution in [0.5, 0.6) is 11.5 Å². The van der Waals surface area contributed by atoms with Crippen LogP contribution < -0.4 is 10.1 Å². The van der Waals surface area contributed by atoms with E-state index in [1.54, 1.807) is 31.2 Å². The summed E-state index contributed by atoms with van der Waals surface area (Å²) in [6, 6.07) is 16.4. The van der Waals surface area contributed by atoms with Crippen LogP contribution in [0.2, 0.25) is 0 Å². The first kappa shape index (κ1) is 18.9. The summed E-state index contributed by atoms with van der Waals surface area (Å²) in [7, 11) is 0. The largest absolute Gasteiger partial charge is 0.480 e. The van der Waals surface area contributed by atoms with Crippen LogP contribution >= 0.6 is 0 Å². The monoisotopic (exact) mass is 368 g/mol. The van der Waals surface area contributed by atoms with Crippen molar-refractivity contribution in [3.05, 3.63) is 54.6 Å². The van der Waals surface area contributed by atoms with E-state index < -0.39 is 12.0 Å². The number of hydrogen-bond donors (Lipinski definition) is 2. The summed E-state index contributed by atoms with van der Waals surface area (Å²) < 4.78 is 5.72. The molecule has 0 radical (unpaired) electrons. The number of rotatable bonds is 9. The zero-order chi connectivity index (χ0) is 19.2. The Hall–Kier alpha value is -2.86. The van der Waals surface area contributed by atoms with E-state index in [-0.39, 0.29) is 12.3 Å². The highest BCUT2D eigenvalue weighted by atomic mass is 16.5. The molecule has 0 aliphatic heterocycles. The molecule has 0 spiro atoms. The van der Waals surface area contributed by atoms with E-state index in [0.717, 1.165) is 18.6 Å². The molecular formula is C21H24N2O4. The Balaban J connectivity index is 1.49. The van der Waals surface area contributed by atoms with Gasteiger partial charge in [0.15, 0.2) is 0 Å². The van der Waals surface area contributed by atoms with Crippen LogP contribution in [0.25, 0.3) is 0 Å². The molecule has 1 unspecified atom stereocenters. The number of nitrogens with one attached hydrogen (secondary N) is 1. The van der Waals surface area contributed by atoms with Gasteiger partial charge in [-0.3, -0.25) is 14.5 Å². The van der Waals surface area contributed by atoms with Crippen LogP contribution in [0.3, 0.4) is 0 Å². The molecule has 1 aliphatic carbocycles. The SMILES string of the molecule is CC(C(=O)O)N(CCC(=O)Nc1ccc(Oc2ccccc2)cc1)C1CC1. The Morgan fingerprint density at radius 2 is 1.74 bits per heavy atom. The Labute approximate surface area is 158 Å². The molecule has 0 aromatic heterocycles. The Morgan fingerprint density at radius 1 is 1.11 bits per heavy atom. The molecule has 1 atom stereocenters. The number of hydrogen-bond acceptors (Lipinski definition) is 4. The molecule has 1 amide bonds. The summed E-state index contributed by atoms with van der Waals surface area (Å²) in [6.45, 7) is 2.11. The zero-order valence-electron chi connectivity index (χ0n) is 15.3. The molecule has 6 heteroatoms. The van der Waals surface area contributed by atoms with Crippen molar-refractivity contribution >= 4 is 17.6 Å². The molecule has 0 heterocycles. The molecule has 1 fully saturated rings. The maximum atomic E-state index is 12.2. The minimum absolute atomic E-state index is 0.130. The van der Waals surface area contributed by atoms with E-state index in [2.05, 4.69) is 5.32 Å². The van der Waals surface area contributed by atoms with Gasteiger partial charge in [-0.2, -0.15) is 0 Å². The predicted molar refractivity (Wildman–Crippen MR) is 103 cm³/mol. The number of carboxylic acid groups (broad SMARTS) is 1. The molecule has 1 saturated carbocycles. The fourth-order valence-electron chi connectivity index (χ4n) is 2.93. The summed E-state index contributed by atoms with van der Waals surface area (Å²) in [4.78, 5) is 25.3. The fraction of sp³-hybridized carbons (Fsp3) is 0.333. The van der Waals surface area contributed by atoms with Gasteiger partial charge in [0.25, 0.3) is 0 Å². The van der Waals surface area contributed by atoms with Gasteiger partial charge in [-0.25, -0.2) is 0 Å². The molecule has 27 heavy (non-hydrogen) atoms. The summed E-state index contributed by atoms with van der Waals surface area (Å²) in [5, 5.41) is 12.1. The van der Waals surface area contributed by atoms with Gasteiger partial charge in [-0.15, -0.1) is 0 Å². The van der Waals surface area contributed by atoms with E-state index >= 15 is 0 Å². The summed E-state index contributed by atoms with van der Waals surface area (Å²) >= 11 is 0. The summed E-state index contributed by atoms with van der Waals surface area (Å²) in [5.74, 6) is 0.461. The molecule has 142 valence electrons. The average Bonchev–Trinajstić information content (AvgIpc) is 3.49. The molecule has 0 bridgehead atoms. The molecule has 0 saturated heterocycles. The third kappa shape index (κ3) is 5.56. The standard InChI is InChI=1S/C21H24N2O4/c1-15(21(25)26)23(17-9-10-17)14-13-20(24)22-16-7-11-19(12-8-16)27-18-5-3-2-4-6-18/h2-8,11-12,15,17H,9-10,13-14H2,1H3,(H,22,24)(H,25,26). The lowest BCUT2D eigenvalue weighted by atomic mass is 10.2. The maximum absolute atomic E-state index is 12.2. The van der Waals surface area contributed by atoms with Gasteiger partial charge in [0.1, 0.15) is 17.5 Å². The molecule has 2 aromatic carbocycles. The van der Waals surface area contributed by atoms with Crippen LogP contribution in [0.15, 0.2) is 54.6 Å². The van der Waals surface area contributed by atoms with E-state index in [4.69, 9.17) is 4.74 Å². The second-order valence-electron chi connectivity index (χ2n) is 6.72. The number of ether oxygens (including phenoxy) is 1. The van der Waals surface area contributed by atoms with Crippen LogP contribution in [0.4, 0.5) is 5.69 Å². The third-order valence-corrected chi connectivity index (χ3v) is 4.58. The Bertz CT molecular complexity index is 773. The predicted octanol–water partition coefficient (Wildman–Crippen LogP) is 3.75. The van der Waals surface area contributed by atoms with E-state index in [9.17, 15) is 14.7 Å². The first-order valence-corrected chi connectivity index (χ1v) is 9.14. The molecule has 2 N–H and O–H groups in total. The lowest BCUT2D eigenvalue weighted by Crippen LogP contribution is -2.42. The third-order valence-electron chi connectivity index (χ3n) is 4.58. The number of anilines is 1. The van der Waals surface area contributed by atoms with Crippen molar-refractivity contribution in [1.82, 2.24) is 4.90 Å². The van der Waals surface area contributed by atoms with E-state index in [0.29, 0.717) is 24.0 Å². The average molecular weight is 368 g/mol. The number of aliphatic carboxylic acids is 1. The minimum Gasteiger partial charge on any atom is -0.480 e. The molecular weight excluding hydrogens is 344 g/mol. The van der Waals surface area contributed by atoms with Gasteiger partial charge >= 0.3 is 5.97 Å². The van der Waals surface area contributed by atoms with Crippen molar-refractivity contribution in [2.75, 3.05) is 11.9 Å². The number of carboxylic acids is 1. The first-order valence-electron chi connectivity index (χ1n) is 9.14. The number of para-hydroxylation sites is 1. The highest BCUT2D eigenvalue weighted by molar-refractivity contribution is 5.90. The highest BCUT2D eigenvalue weighted by Gasteiger charge is 2.34. The van der Waals surface area contributed by atoms with Crippen LogP contribution in [-0.4, -0.2) is 40.5 Å². The second-order valence-corrected chi connectivity index (χ2v) is 6.72. The normalized spacial score (nSPS) is 14.6. The van der Waals surface area contributed by atoms with Gasteiger partial charge in [0.05, 0.1) is 0 Å². The summed E-state index contributed by atoms with van der Waals surface area (Å²) in [5.41, 5.74) is 0.685. The van der Waals surface area contributed by atoms with Gasteiger partial charge in [-0.05, 0) is 56.2 Å². The molecule has 2 aromatic rings. The molecule has 1 aliphatic rings. The number of benzene rings is 2. The first-order chi connectivity index (χ1) is 13.0. The van der Waals surface area contributed by atoms with Crippen LogP contribution in [-0.2, 0) is 9.59 Å². The van der Waals surface area contributed by atoms with Gasteiger partial charge < -0.3 is 15.2 Å². The number of carbonyl (C=O) groups is 2.